The third-order valence-electron chi connectivity index (χ3n) is 7.00. The summed E-state index contributed by atoms with van der Waals surface area (Å²) in [5.74, 6) is 0.511. The first-order chi connectivity index (χ1) is 15.0. The fraction of sp³-hybridized carbons (Fsp3) is 0.609. The van der Waals surface area contributed by atoms with Crippen LogP contribution >= 0.6 is 0 Å². The number of nitrogens with zero attached hydrogens (tertiary/aromatic N) is 4. The number of nitriles is 1. The molecule has 1 aromatic carbocycles. The lowest BCUT2D eigenvalue weighted by Crippen LogP contribution is -2.54. The molecular weight excluding hydrogens is 395 g/mol. The normalized spacial score (nSPS) is 26.7. The smallest absolute Gasteiger partial charge is 0.243 e. The van der Waals surface area contributed by atoms with E-state index < -0.39 is 6.04 Å². The zero-order valence-corrected chi connectivity index (χ0v) is 18.3. The minimum atomic E-state index is -0.406. The highest BCUT2D eigenvalue weighted by Gasteiger charge is 2.34. The van der Waals surface area contributed by atoms with E-state index in [9.17, 15) is 9.18 Å². The van der Waals surface area contributed by atoms with Gasteiger partial charge in [-0.2, -0.15) is 10.3 Å². The monoisotopic (exact) mass is 426 g/mol. The predicted molar refractivity (Wildman–Crippen MR) is 118 cm³/mol. The van der Waals surface area contributed by atoms with E-state index in [4.69, 9.17) is 5.26 Å². The first-order valence-electron chi connectivity index (χ1n) is 11.2. The van der Waals surface area contributed by atoms with Crippen molar-refractivity contribution in [3.05, 3.63) is 29.1 Å². The van der Waals surface area contributed by atoms with Gasteiger partial charge in [-0.3, -0.25) is 9.69 Å². The van der Waals surface area contributed by atoms with E-state index in [2.05, 4.69) is 25.4 Å². The number of amidine groups is 1. The molecule has 2 N–H and O–H groups in total. The van der Waals surface area contributed by atoms with Crippen molar-refractivity contribution in [3.8, 4) is 6.19 Å². The SMILES string of the molecule is C/C(=N\C#N)N1CCN(C2CCC[C@@H](NC(=O)C3Cc4c(F)ccc(C)c4N3)C2)CC1. The minimum Gasteiger partial charge on any atom is -0.373 e. The molecule has 166 valence electrons. The molecule has 0 radical (unpaired) electrons. The van der Waals surface area contributed by atoms with Gasteiger partial charge in [-0.15, -0.1) is 0 Å². The highest BCUT2D eigenvalue weighted by molar-refractivity contribution is 5.88. The number of amides is 1. The van der Waals surface area contributed by atoms with Crippen molar-refractivity contribution in [2.24, 2.45) is 4.99 Å². The van der Waals surface area contributed by atoms with Crippen LogP contribution in [0.4, 0.5) is 10.1 Å². The maximum Gasteiger partial charge on any atom is 0.243 e. The number of hydrogen-bond acceptors (Lipinski definition) is 5. The van der Waals surface area contributed by atoms with Gasteiger partial charge in [0.2, 0.25) is 12.1 Å². The van der Waals surface area contributed by atoms with Gasteiger partial charge in [0.25, 0.3) is 0 Å². The summed E-state index contributed by atoms with van der Waals surface area (Å²) in [6.45, 7) is 7.46. The Morgan fingerprint density at radius 1 is 1.29 bits per heavy atom. The Labute approximate surface area is 183 Å². The summed E-state index contributed by atoms with van der Waals surface area (Å²) in [5, 5.41) is 15.2. The zero-order valence-electron chi connectivity index (χ0n) is 18.3. The summed E-state index contributed by atoms with van der Waals surface area (Å²) >= 11 is 0. The number of carbonyl (C=O) groups excluding carboxylic acids is 1. The Bertz CT molecular complexity index is 871. The molecule has 2 fully saturated rings. The number of piperazine rings is 1. The Balaban J connectivity index is 1.29. The second kappa shape index (κ2) is 9.23. The van der Waals surface area contributed by atoms with Crippen LogP contribution in [0, 0.1) is 24.2 Å². The molecule has 7 nitrogen and oxygen atoms in total. The number of fused-ring (bicyclic) bond motifs is 1. The lowest BCUT2D eigenvalue weighted by atomic mass is 9.89. The van der Waals surface area contributed by atoms with Crippen molar-refractivity contribution in [3.63, 3.8) is 0 Å². The molecule has 2 aliphatic heterocycles. The van der Waals surface area contributed by atoms with Crippen molar-refractivity contribution >= 4 is 17.4 Å². The summed E-state index contributed by atoms with van der Waals surface area (Å²) in [4.78, 5) is 21.4. The molecule has 0 aromatic heterocycles. The first-order valence-corrected chi connectivity index (χ1v) is 11.2. The van der Waals surface area contributed by atoms with Gasteiger partial charge in [0, 0.05) is 55.9 Å². The maximum atomic E-state index is 14.1. The molecule has 1 aromatic rings. The van der Waals surface area contributed by atoms with Gasteiger partial charge in [-0.25, -0.2) is 4.39 Å². The van der Waals surface area contributed by atoms with E-state index in [0.29, 0.717) is 18.0 Å². The number of nitrogens with one attached hydrogen (secondary N) is 2. The third-order valence-corrected chi connectivity index (χ3v) is 7.00. The highest BCUT2D eigenvalue weighted by atomic mass is 19.1. The molecule has 0 spiro atoms. The van der Waals surface area contributed by atoms with Crippen molar-refractivity contribution in [2.45, 2.75) is 64.1 Å². The number of rotatable bonds is 3. The molecule has 1 aliphatic carbocycles. The van der Waals surface area contributed by atoms with E-state index in [1.165, 1.54) is 6.07 Å². The molecule has 2 heterocycles. The van der Waals surface area contributed by atoms with Crippen LogP contribution in [0.5, 0.6) is 0 Å². The number of anilines is 1. The van der Waals surface area contributed by atoms with Crippen molar-refractivity contribution in [1.82, 2.24) is 15.1 Å². The molecule has 1 saturated carbocycles. The molecule has 4 rings (SSSR count). The summed E-state index contributed by atoms with van der Waals surface area (Å²) in [7, 11) is 0. The summed E-state index contributed by atoms with van der Waals surface area (Å²) in [6, 6.07) is 3.44. The largest absolute Gasteiger partial charge is 0.373 e. The fourth-order valence-corrected chi connectivity index (χ4v) is 5.21. The van der Waals surface area contributed by atoms with Crippen LogP contribution < -0.4 is 10.6 Å². The number of aliphatic imine (C=N–C) groups is 1. The highest BCUT2D eigenvalue weighted by Crippen LogP contribution is 2.32. The Morgan fingerprint density at radius 3 is 2.77 bits per heavy atom. The van der Waals surface area contributed by atoms with E-state index >= 15 is 0 Å². The number of hydrogen-bond donors (Lipinski definition) is 2. The number of carbonyl (C=O) groups is 1. The average Bonchev–Trinajstić information content (AvgIpc) is 3.24. The predicted octanol–water partition coefficient (Wildman–Crippen LogP) is 2.42. The van der Waals surface area contributed by atoms with Crippen LogP contribution in [0.1, 0.15) is 43.7 Å². The van der Waals surface area contributed by atoms with Crippen molar-refractivity contribution in [1.29, 1.82) is 5.26 Å². The summed E-state index contributed by atoms with van der Waals surface area (Å²) in [6.07, 6.45) is 6.44. The lowest BCUT2D eigenvalue weighted by Gasteiger charge is -2.43. The second-order valence-electron chi connectivity index (χ2n) is 8.93. The summed E-state index contributed by atoms with van der Waals surface area (Å²) < 4.78 is 14.1. The van der Waals surface area contributed by atoms with Crippen LogP contribution in [0.25, 0.3) is 0 Å². The van der Waals surface area contributed by atoms with Gasteiger partial charge in [0.1, 0.15) is 17.7 Å². The van der Waals surface area contributed by atoms with Crippen molar-refractivity contribution in [2.75, 3.05) is 31.5 Å². The molecule has 3 atom stereocenters. The average molecular weight is 427 g/mol. The van der Waals surface area contributed by atoms with E-state index in [1.54, 1.807) is 6.07 Å². The van der Waals surface area contributed by atoms with Crippen LogP contribution in [0.15, 0.2) is 17.1 Å². The second-order valence-corrected chi connectivity index (χ2v) is 8.93. The molecular formula is C23H31FN6O. The van der Waals surface area contributed by atoms with Gasteiger partial charge < -0.3 is 15.5 Å². The summed E-state index contributed by atoms with van der Waals surface area (Å²) in [5.41, 5.74) is 2.36. The quantitative estimate of drug-likeness (QED) is 0.441. The topological polar surface area (TPSA) is 83.8 Å². The van der Waals surface area contributed by atoms with Gasteiger partial charge in [-0.05, 0) is 51.2 Å². The zero-order chi connectivity index (χ0) is 22.0. The number of aryl methyl sites for hydroxylation is 1. The number of benzene rings is 1. The standard InChI is InChI=1S/C23H31FN6O/c1-15-6-7-20(24)19-13-21(28-22(15)19)23(31)27-17-4-3-5-18(12-17)30-10-8-29(9-11-30)16(2)26-14-25/h6-7,17-18,21,28H,3-5,8-13H2,1-2H3,(H,27,31)/b26-16+/t17-,18?,21?/m1/s1. The molecule has 1 saturated heterocycles. The first kappa shape index (κ1) is 21.6. The van der Waals surface area contributed by atoms with Gasteiger partial charge in [-0.1, -0.05) is 6.07 Å². The molecule has 2 unspecified atom stereocenters. The Hall–Kier alpha value is -2.66. The van der Waals surface area contributed by atoms with E-state index in [0.717, 1.165) is 68.9 Å². The molecule has 8 heteroatoms. The van der Waals surface area contributed by atoms with Crippen LogP contribution in [0.3, 0.4) is 0 Å². The van der Waals surface area contributed by atoms with Gasteiger partial charge in [0.05, 0.1) is 0 Å². The molecule has 1 amide bonds. The lowest BCUT2D eigenvalue weighted by molar-refractivity contribution is -0.122. The third kappa shape index (κ3) is 4.67. The van der Waals surface area contributed by atoms with Crippen LogP contribution in [-0.2, 0) is 11.2 Å². The Morgan fingerprint density at radius 2 is 2.06 bits per heavy atom. The molecule has 31 heavy (non-hydrogen) atoms. The van der Waals surface area contributed by atoms with Gasteiger partial charge in [0.15, 0.2) is 0 Å². The van der Waals surface area contributed by atoms with E-state index in [1.807, 2.05) is 20.0 Å². The minimum absolute atomic E-state index is 0.0335. The van der Waals surface area contributed by atoms with Crippen molar-refractivity contribution < 1.29 is 9.18 Å². The van der Waals surface area contributed by atoms with Crippen LogP contribution in [-0.4, -0.2) is 65.8 Å². The molecule has 3 aliphatic rings. The maximum absolute atomic E-state index is 14.1. The Kier molecular flexibility index (Phi) is 6.42. The van der Waals surface area contributed by atoms with Gasteiger partial charge >= 0.3 is 0 Å². The molecule has 0 bridgehead atoms. The fourth-order valence-electron chi connectivity index (χ4n) is 5.21. The number of halogens is 1. The van der Waals surface area contributed by atoms with E-state index in [-0.39, 0.29) is 17.8 Å². The van der Waals surface area contributed by atoms with Crippen LogP contribution in [0.2, 0.25) is 0 Å².